The molecule has 0 bridgehead atoms. The first-order valence-electron chi connectivity index (χ1n) is 11.2. The van der Waals surface area contributed by atoms with Crippen molar-refractivity contribution in [1.29, 1.82) is 0 Å². The maximum atomic E-state index is 13.9. The number of rotatable bonds is 9. The first-order valence-corrected chi connectivity index (χ1v) is 12.4. The first-order chi connectivity index (χ1) is 17.2. The van der Waals surface area contributed by atoms with Gasteiger partial charge in [0.15, 0.2) is 0 Å². The number of thiophene rings is 1. The Hall–Kier alpha value is -3.09. The van der Waals surface area contributed by atoms with E-state index in [4.69, 9.17) is 16.3 Å². The Morgan fingerprint density at radius 3 is 2.61 bits per heavy atom. The minimum absolute atomic E-state index is 0.145. The van der Waals surface area contributed by atoms with Gasteiger partial charge >= 0.3 is 0 Å². The lowest BCUT2D eigenvalue weighted by atomic mass is 10.1. The summed E-state index contributed by atoms with van der Waals surface area (Å²) in [7, 11) is 0. The molecule has 0 unspecified atom stereocenters. The number of hydrogen-bond acceptors (Lipinski definition) is 6. The predicted octanol–water partition coefficient (Wildman–Crippen LogP) is 2.97. The molecule has 2 aromatic rings. The van der Waals surface area contributed by atoms with Gasteiger partial charge in [0, 0.05) is 35.9 Å². The van der Waals surface area contributed by atoms with Crippen LogP contribution in [0.4, 0.5) is 20.2 Å². The molecular weight excluding hydrogens is 518 g/mol. The van der Waals surface area contributed by atoms with Crippen molar-refractivity contribution in [2.45, 2.75) is 25.3 Å². The third kappa shape index (κ3) is 6.37. The third-order valence-electron chi connectivity index (χ3n) is 5.67. The lowest BCUT2D eigenvalue weighted by molar-refractivity contribution is -0.127. The Balaban J connectivity index is 1.49. The molecule has 1 saturated carbocycles. The van der Waals surface area contributed by atoms with Crippen LogP contribution in [0.15, 0.2) is 30.3 Å². The summed E-state index contributed by atoms with van der Waals surface area (Å²) < 4.78 is 33.2. The molecule has 1 aliphatic carbocycles. The van der Waals surface area contributed by atoms with Gasteiger partial charge in [-0.25, -0.2) is 8.78 Å². The number of ether oxygens (including phenoxy) is 1. The molecule has 1 aromatic heterocycles. The van der Waals surface area contributed by atoms with Gasteiger partial charge in [0.2, 0.25) is 11.8 Å². The van der Waals surface area contributed by atoms with Crippen molar-refractivity contribution >= 4 is 57.9 Å². The molecule has 0 spiro atoms. The monoisotopic (exact) mass is 540 g/mol. The zero-order valence-electron chi connectivity index (χ0n) is 18.9. The highest BCUT2D eigenvalue weighted by Crippen LogP contribution is 2.32. The molecule has 36 heavy (non-hydrogen) atoms. The summed E-state index contributed by atoms with van der Waals surface area (Å²) in [6, 6.07) is 5.75. The van der Waals surface area contributed by atoms with Gasteiger partial charge in [-0.3, -0.25) is 19.2 Å². The summed E-state index contributed by atoms with van der Waals surface area (Å²) in [4.78, 5) is 51.5. The summed E-state index contributed by atoms with van der Waals surface area (Å²) >= 11 is 6.91. The van der Waals surface area contributed by atoms with Crippen LogP contribution in [0.25, 0.3) is 0 Å². The summed E-state index contributed by atoms with van der Waals surface area (Å²) in [6.45, 7) is 0.0922. The number of morpholine rings is 1. The van der Waals surface area contributed by atoms with Crippen LogP contribution in [0, 0.1) is 5.92 Å². The number of anilines is 2. The molecule has 13 heteroatoms. The van der Waals surface area contributed by atoms with Crippen LogP contribution in [0.2, 0.25) is 4.34 Å². The molecule has 2 aliphatic rings. The lowest BCUT2D eigenvalue weighted by Crippen LogP contribution is -2.51. The summed E-state index contributed by atoms with van der Waals surface area (Å²) in [6.07, 6.45) is -1.56. The van der Waals surface area contributed by atoms with Gasteiger partial charge in [-0.15, -0.1) is 11.3 Å². The number of amides is 4. The molecule has 1 aromatic carbocycles. The number of benzene rings is 1. The van der Waals surface area contributed by atoms with E-state index in [9.17, 15) is 28.0 Å². The molecular formula is C23H23ClF2N4O5S. The van der Waals surface area contributed by atoms with Crippen LogP contribution in [0.3, 0.4) is 0 Å². The number of alkyl halides is 2. The maximum Gasteiger partial charge on any atom is 0.265 e. The molecule has 1 atom stereocenters. The van der Waals surface area contributed by atoms with E-state index in [2.05, 4.69) is 16.0 Å². The Bertz CT molecular complexity index is 1170. The van der Waals surface area contributed by atoms with Crippen LogP contribution in [-0.2, 0) is 19.1 Å². The summed E-state index contributed by atoms with van der Waals surface area (Å²) in [5.74, 6) is -2.18. The van der Waals surface area contributed by atoms with Crippen LogP contribution < -0.4 is 20.9 Å². The number of carbonyl (C=O) groups excluding carboxylic acids is 4. The zero-order chi connectivity index (χ0) is 25.8. The predicted molar refractivity (Wildman–Crippen MR) is 130 cm³/mol. The van der Waals surface area contributed by atoms with Crippen LogP contribution >= 0.6 is 22.9 Å². The number of nitrogens with one attached hydrogen (secondary N) is 3. The van der Waals surface area contributed by atoms with E-state index in [1.807, 2.05) is 0 Å². The van der Waals surface area contributed by atoms with Gasteiger partial charge in [0.1, 0.15) is 12.6 Å². The minimum atomic E-state index is -2.95. The van der Waals surface area contributed by atoms with Gasteiger partial charge < -0.3 is 25.6 Å². The van der Waals surface area contributed by atoms with Crippen LogP contribution in [-0.4, -0.2) is 56.0 Å². The van der Waals surface area contributed by atoms with E-state index in [1.165, 1.54) is 23.1 Å². The molecule has 4 amide bonds. The molecule has 0 radical (unpaired) electrons. The van der Waals surface area contributed by atoms with Crippen molar-refractivity contribution < 1.29 is 32.7 Å². The Morgan fingerprint density at radius 1 is 1.19 bits per heavy atom. The number of hydrogen-bond donors (Lipinski definition) is 3. The van der Waals surface area contributed by atoms with Gasteiger partial charge in [0.05, 0.1) is 15.8 Å². The van der Waals surface area contributed by atoms with Crippen molar-refractivity contribution in [3.05, 3.63) is 45.1 Å². The first kappa shape index (κ1) is 26.0. The number of nitrogens with zero attached hydrogens (tertiary/aromatic N) is 1. The fourth-order valence-electron chi connectivity index (χ4n) is 3.59. The summed E-state index contributed by atoms with van der Waals surface area (Å²) in [5, 5.41) is 7.59. The molecule has 1 saturated heterocycles. The number of carbonyl (C=O) groups is 4. The molecule has 2 fully saturated rings. The second-order valence-electron chi connectivity index (χ2n) is 8.31. The van der Waals surface area contributed by atoms with Crippen molar-refractivity contribution in [2.24, 2.45) is 5.92 Å². The molecule has 2 heterocycles. The molecule has 3 N–H and O–H groups in total. The van der Waals surface area contributed by atoms with Crippen molar-refractivity contribution in [2.75, 3.05) is 36.5 Å². The third-order valence-corrected chi connectivity index (χ3v) is 6.90. The van der Waals surface area contributed by atoms with Gasteiger partial charge in [-0.2, -0.15) is 0 Å². The SMILES string of the molecule is O=C(NC[C@@H](NC(=O)C1CC1)C(=O)Nc1ccc(N2CCOCC2=O)cc1C(F)F)c1ccc(Cl)s1. The second kappa shape index (κ2) is 11.3. The molecule has 9 nitrogen and oxygen atoms in total. The van der Waals surface area contributed by atoms with Gasteiger partial charge in [-0.05, 0) is 43.2 Å². The quantitative estimate of drug-likeness (QED) is 0.452. The Kier molecular flexibility index (Phi) is 8.17. The lowest BCUT2D eigenvalue weighted by Gasteiger charge is -2.28. The zero-order valence-corrected chi connectivity index (χ0v) is 20.5. The average Bonchev–Trinajstić information content (AvgIpc) is 3.62. The fourth-order valence-corrected chi connectivity index (χ4v) is 4.55. The fraction of sp³-hybridized carbons (Fsp3) is 0.391. The van der Waals surface area contributed by atoms with Crippen molar-refractivity contribution in [1.82, 2.24) is 10.6 Å². The Morgan fingerprint density at radius 2 is 1.97 bits per heavy atom. The molecule has 1 aliphatic heterocycles. The number of halogens is 3. The largest absolute Gasteiger partial charge is 0.370 e. The minimum Gasteiger partial charge on any atom is -0.370 e. The van der Waals surface area contributed by atoms with E-state index < -0.39 is 29.8 Å². The highest BCUT2D eigenvalue weighted by atomic mass is 35.5. The standard InChI is InChI=1S/C23H23ClF2N4O5S/c24-18-6-5-17(36-18)23(34)27-10-16(29-21(32)12-1-2-12)22(33)28-15-4-3-13(9-14(15)20(25)26)30-7-8-35-11-19(30)31/h3-6,9,12,16,20H,1-2,7-8,10-11H2,(H,27,34)(H,28,33)(H,29,32)/t16-/m1/s1. The maximum absolute atomic E-state index is 13.9. The second-order valence-corrected chi connectivity index (χ2v) is 10.0. The van der Waals surface area contributed by atoms with Crippen molar-refractivity contribution in [3.63, 3.8) is 0 Å². The highest BCUT2D eigenvalue weighted by molar-refractivity contribution is 7.18. The van der Waals surface area contributed by atoms with E-state index in [0.717, 1.165) is 17.4 Å². The molecule has 4 rings (SSSR count). The summed E-state index contributed by atoms with van der Waals surface area (Å²) in [5.41, 5.74) is -0.386. The smallest absolute Gasteiger partial charge is 0.265 e. The highest BCUT2D eigenvalue weighted by Gasteiger charge is 2.33. The normalized spacial score (nSPS) is 16.6. The van der Waals surface area contributed by atoms with E-state index in [1.54, 1.807) is 6.07 Å². The van der Waals surface area contributed by atoms with E-state index in [0.29, 0.717) is 22.1 Å². The van der Waals surface area contributed by atoms with E-state index in [-0.39, 0.29) is 55.4 Å². The van der Waals surface area contributed by atoms with Crippen molar-refractivity contribution in [3.8, 4) is 0 Å². The van der Waals surface area contributed by atoms with Crippen LogP contribution in [0.1, 0.15) is 34.5 Å². The van der Waals surface area contributed by atoms with E-state index >= 15 is 0 Å². The van der Waals surface area contributed by atoms with Crippen LogP contribution in [0.5, 0.6) is 0 Å². The van der Waals surface area contributed by atoms with Gasteiger partial charge in [-0.1, -0.05) is 11.6 Å². The van der Waals surface area contributed by atoms with Gasteiger partial charge in [0.25, 0.3) is 18.2 Å². The Labute approximate surface area is 214 Å². The average molecular weight is 541 g/mol. The topological polar surface area (TPSA) is 117 Å². The molecule has 192 valence electrons.